The average molecular weight is 575 g/mol. The van der Waals surface area contributed by atoms with Crippen molar-refractivity contribution in [2.24, 2.45) is 0 Å². The van der Waals surface area contributed by atoms with E-state index in [1.165, 1.54) is 24.8 Å². The maximum Gasteiger partial charge on any atom is 0.335 e. The average Bonchev–Trinajstić information content (AvgIpc) is 3.20. The summed E-state index contributed by atoms with van der Waals surface area (Å²) in [6, 6.07) is 11.9. The summed E-state index contributed by atoms with van der Waals surface area (Å²) in [5.41, 5.74) is 5.75. The van der Waals surface area contributed by atoms with Crippen molar-refractivity contribution in [3.8, 4) is 17.0 Å². The van der Waals surface area contributed by atoms with Gasteiger partial charge in [-0.05, 0) is 62.1 Å². The first-order valence-electron chi connectivity index (χ1n) is 15.4. The third-order valence-corrected chi connectivity index (χ3v) is 9.40. The largest absolute Gasteiger partial charge is 0.489 e. The summed E-state index contributed by atoms with van der Waals surface area (Å²) in [5, 5.41) is 10.9. The summed E-state index contributed by atoms with van der Waals surface area (Å²) < 4.78 is 8.81. The van der Waals surface area contributed by atoms with Gasteiger partial charge in [-0.1, -0.05) is 45.7 Å². The number of fused-ring (bicyclic) bond motifs is 5. The molecular weight excluding hydrogens is 528 g/mol. The molecule has 8 nitrogen and oxygen atoms in total. The minimum atomic E-state index is -0.909. The Balaban J connectivity index is 0.00000353. The highest BCUT2D eigenvalue weighted by molar-refractivity contribution is 5.99. The fourth-order valence-electron chi connectivity index (χ4n) is 7.13. The van der Waals surface area contributed by atoms with Gasteiger partial charge < -0.3 is 29.1 Å². The molecule has 8 heteroatoms. The van der Waals surface area contributed by atoms with Crippen LogP contribution >= 0.6 is 0 Å². The number of carbonyl (C=O) groups excluding carboxylic acids is 1. The number of carboxylic acid groups (broad SMARTS) is 1. The number of rotatable bonds is 7. The van der Waals surface area contributed by atoms with E-state index < -0.39 is 5.97 Å². The number of para-hydroxylation sites is 1. The molecular formula is C34H46N4O4. The smallest absolute Gasteiger partial charge is 0.335 e. The van der Waals surface area contributed by atoms with E-state index in [9.17, 15) is 14.7 Å². The van der Waals surface area contributed by atoms with Crippen LogP contribution in [-0.2, 0) is 11.3 Å². The van der Waals surface area contributed by atoms with Crippen LogP contribution in [0, 0.1) is 0 Å². The van der Waals surface area contributed by atoms with Crippen molar-refractivity contribution in [2.45, 2.75) is 65.8 Å². The van der Waals surface area contributed by atoms with Crippen molar-refractivity contribution in [2.75, 3.05) is 57.3 Å². The third-order valence-electron chi connectivity index (χ3n) is 9.40. The lowest BCUT2D eigenvalue weighted by Gasteiger charge is -2.35. The number of likely N-dealkylation sites (N-methyl/N-ethyl adjacent to an activating group) is 2. The number of anilines is 1. The van der Waals surface area contributed by atoms with Gasteiger partial charge in [-0.3, -0.25) is 4.79 Å². The topological polar surface area (TPSA) is 78.2 Å². The van der Waals surface area contributed by atoms with E-state index in [1.54, 1.807) is 6.07 Å². The van der Waals surface area contributed by atoms with E-state index in [0.717, 1.165) is 79.2 Å². The highest BCUT2D eigenvalue weighted by atomic mass is 16.5. The van der Waals surface area contributed by atoms with E-state index in [4.69, 9.17) is 4.74 Å². The van der Waals surface area contributed by atoms with Gasteiger partial charge in [-0.2, -0.15) is 0 Å². The predicted octanol–water partition coefficient (Wildman–Crippen LogP) is 6.07. The highest BCUT2D eigenvalue weighted by Crippen LogP contribution is 2.49. The fraction of sp³-hybridized carbons (Fsp3) is 0.529. The van der Waals surface area contributed by atoms with Gasteiger partial charge >= 0.3 is 5.97 Å². The molecule has 2 aliphatic heterocycles. The first-order chi connectivity index (χ1) is 20.0. The zero-order chi connectivity index (χ0) is 28.5. The Morgan fingerprint density at radius 2 is 1.76 bits per heavy atom. The van der Waals surface area contributed by atoms with Gasteiger partial charge in [0.1, 0.15) is 6.61 Å². The lowest BCUT2D eigenvalue weighted by molar-refractivity contribution is -0.131. The number of amides is 1. The molecule has 3 aliphatic rings. The van der Waals surface area contributed by atoms with Gasteiger partial charge in [0.15, 0.2) is 5.75 Å². The van der Waals surface area contributed by atoms with Crippen LogP contribution in [0.1, 0.15) is 75.2 Å². The summed E-state index contributed by atoms with van der Waals surface area (Å²) in [7, 11) is 0. The van der Waals surface area contributed by atoms with Crippen molar-refractivity contribution < 1.29 is 19.4 Å². The van der Waals surface area contributed by atoms with E-state index in [-0.39, 0.29) is 13.3 Å². The maximum absolute atomic E-state index is 13.4. The number of aromatic carboxylic acids is 1. The van der Waals surface area contributed by atoms with Gasteiger partial charge in [0.05, 0.1) is 30.0 Å². The van der Waals surface area contributed by atoms with Gasteiger partial charge in [0, 0.05) is 49.2 Å². The van der Waals surface area contributed by atoms with E-state index >= 15 is 0 Å². The third kappa shape index (κ3) is 5.49. The molecule has 3 heterocycles. The standard InChI is InChI=1S/C33H42N4O4.CH4/c1-3-34-15-17-36(18-16-34)29(38)22-35(4-2)27-12-8-11-26-31-30(23-9-6-5-7-10-23)25-14-13-24(33(39)40)21-28(25)37(31)19-20-41-32(26)27;/h8,11-14,21,23H,3-7,9-10,15-20,22H2,1-2H3,(H,39,40);1H4. The monoisotopic (exact) mass is 574 g/mol. The number of carboxylic acids is 1. The van der Waals surface area contributed by atoms with Crippen molar-refractivity contribution in [3.05, 3.63) is 47.5 Å². The Hall–Kier alpha value is -3.52. The van der Waals surface area contributed by atoms with Crippen molar-refractivity contribution in [1.82, 2.24) is 14.4 Å². The molecule has 2 aromatic carbocycles. The molecule has 1 N–H and O–H groups in total. The second-order valence-corrected chi connectivity index (χ2v) is 11.6. The molecule has 0 unspecified atom stereocenters. The number of nitrogens with zero attached hydrogens (tertiary/aromatic N) is 4. The Labute approximate surface area is 249 Å². The molecule has 0 bridgehead atoms. The first kappa shape index (κ1) is 30.0. The van der Waals surface area contributed by atoms with Crippen LogP contribution in [0.15, 0.2) is 36.4 Å². The molecule has 3 aromatic rings. The van der Waals surface area contributed by atoms with Crippen LogP contribution in [0.3, 0.4) is 0 Å². The van der Waals surface area contributed by atoms with Crippen LogP contribution < -0.4 is 9.64 Å². The minimum absolute atomic E-state index is 0. The number of piperazine rings is 1. The van der Waals surface area contributed by atoms with E-state index in [2.05, 4.69) is 46.4 Å². The molecule has 1 saturated heterocycles. The van der Waals surface area contributed by atoms with Gasteiger partial charge in [0.2, 0.25) is 5.91 Å². The number of benzene rings is 2. The molecule has 1 saturated carbocycles. The van der Waals surface area contributed by atoms with Crippen LogP contribution in [-0.4, -0.2) is 83.8 Å². The molecule has 6 rings (SSSR count). The molecule has 1 amide bonds. The Kier molecular flexibility index (Phi) is 9.11. The highest BCUT2D eigenvalue weighted by Gasteiger charge is 2.31. The first-order valence-corrected chi connectivity index (χ1v) is 15.4. The van der Waals surface area contributed by atoms with Crippen LogP contribution in [0.2, 0.25) is 0 Å². The van der Waals surface area contributed by atoms with Crippen molar-refractivity contribution in [3.63, 3.8) is 0 Å². The zero-order valence-electron chi connectivity index (χ0n) is 24.4. The second kappa shape index (κ2) is 12.8. The van der Waals surface area contributed by atoms with Crippen LogP contribution in [0.5, 0.6) is 5.75 Å². The second-order valence-electron chi connectivity index (χ2n) is 11.6. The van der Waals surface area contributed by atoms with Crippen molar-refractivity contribution >= 4 is 28.5 Å². The quantitative estimate of drug-likeness (QED) is 0.369. The summed E-state index contributed by atoms with van der Waals surface area (Å²) in [4.78, 5) is 31.8. The molecule has 0 atom stereocenters. The Morgan fingerprint density at radius 3 is 2.45 bits per heavy atom. The summed E-state index contributed by atoms with van der Waals surface area (Å²) in [5.74, 6) is 0.508. The number of hydrogen-bond acceptors (Lipinski definition) is 5. The molecule has 0 spiro atoms. The van der Waals surface area contributed by atoms with E-state index in [1.807, 2.05) is 17.0 Å². The summed E-state index contributed by atoms with van der Waals surface area (Å²) in [6.07, 6.45) is 5.98. The lowest BCUT2D eigenvalue weighted by Crippen LogP contribution is -2.51. The van der Waals surface area contributed by atoms with Crippen LogP contribution in [0.25, 0.3) is 22.2 Å². The Bertz CT molecular complexity index is 1430. The normalized spacial score (nSPS) is 17.5. The predicted molar refractivity (Wildman–Crippen MR) is 169 cm³/mol. The van der Waals surface area contributed by atoms with Gasteiger partial charge in [0.25, 0.3) is 0 Å². The summed E-state index contributed by atoms with van der Waals surface area (Å²) in [6.45, 7) is 10.8. The fourth-order valence-corrected chi connectivity index (χ4v) is 7.13. The zero-order valence-corrected chi connectivity index (χ0v) is 24.4. The number of ether oxygens (including phenoxy) is 1. The Morgan fingerprint density at radius 1 is 1.00 bits per heavy atom. The van der Waals surface area contributed by atoms with Gasteiger partial charge in [-0.15, -0.1) is 0 Å². The lowest BCUT2D eigenvalue weighted by atomic mass is 9.81. The minimum Gasteiger partial charge on any atom is -0.489 e. The SMILES string of the molecule is C.CCN1CCN(C(=O)CN(CC)c2cccc3c2OCCn2c-3c(C3CCCCC3)c3ccc(C(=O)O)cc32)CC1. The number of hydrogen-bond donors (Lipinski definition) is 1. The number of carbonyl (C=O) groups is 2. The van der Waals surface area contributed by atoms with Crippen molar-refractivity contribution in [1.29, 1.82) is 0 Å². The molecule has 1 aromatic heterocycles. The molecule has 1 aliphatic carbocycles. The molecule has 2 fully saturated rings. The maximum atomic E-state index is 13.4. The molecule has 0 radical (unpaired) electrons. The summed E-state index contributed by atoms with van der Waals surface area (Å²) >= 11 is 0. The van der Waals surface area contributed by atoms with Crippen LogP contribution in [0.4, 0.5) is 5.69 Å². The van der Waals surface area contributed by atoms with Gasteiger partial charge in [-0.25, -0.2) is 4.79 Å². The van der Waals surface area contributed by atoms with E-state index in [0.29, 0.717) is 37.7 Å². The molecule has 226 valence electrons. The molecule has 42 heavy (non-hydrogen) atoms. The number of aromatic nitrogens is 1.